The van der Waals surface area contributed by atoms with E-state index in [9.17, 15) is 13.2 Å². The number of hydrogen-bond donors (Lipinski definition) is 0. The number of carbonyl (C=O) groups excluding carboxylic acids is 1. The van der Waals surface area contributed by atoms with Crippen molar-refractivity contribution >= 4 is 15.9 Å². The summed E-state index contributed by atoms with van der Waals surface area (Å²) in [4.78, 5) is 14.3. The summed E-state index contributed by atoms with van der Waals surface area (Å²) in [6.45, 7) is 6.07. The molecule has 0 bridgehead atoms. The van der Waals surface area contributed by atoms with Crippen LogP contribution in [0, 0.1) is 0 Å². The van der Waals surface area contributed by atoms with E-state index in [1.165, 1.54) is 4.31 Å². The monoisotopic (exact) mass is 352 g/mol. The van der Waals surface area contributed by atoms with Crippen molar-refractivity contribution in [1.29, 1.82) is 0 Å². The van der Waals surface area contributed by atoms with E-state index in [1.54, 1.807) is 12.1 Å². The molecule has 0 saturated carbocycles. The van der Waals surface area contributed by atoms with Gasteiger partial charge in [-0.2, -0.15) is 4.31 Å². The Balaban J connectivity index is 2.05. The molecule has 2 rings (SSSR count). The number of amides is 1. The predicted octanol–water partition coefficient (Wildman–Crippen LogP) is 2.66. The average molecular weight is 353 g/mol. The Bertz CT molecular complexity index is 641. The molecule has 6 heteroatoms. The van der Waals surface area contributed by atoms with Crippen LogP contribution in [0.4, 0.5) is 0 Å². The third-order valence-corrected chi connectivity index (χ3v) is 6.43. The lowest BCUT2D eigenvalue weighted by atomic mass is 10.2. The standard InChI is InChI=1S/C18H28N2O3S/c1-3-5-7-18(21)19-12-6-13-20(15-14-19)24(22,23)17-10-8-16(4-2)9-11-17/h8-11H,3-7,12-15H2,1-2H3. The molecule has 5 nitrogen and oxygen atoms in total. The number of sulfonamides is 1. The Morgan fingerprint density at radius 2 is 1.75 bits per heavy atom. The van der Waals surface area contributed by atoms with Crippen LogP contribution in [0.3, 0.4) is 0 Å². The summed E-state index contributed by atoms with van der Waals surface area (Å²) in [5.41, 5.74) is 1.12. The molecule has 1 aliphatic rings. The number of hydrogen-bond acceptors (Lipinski definition) is 3. The highest BCUT2D eigenvalue weighted by atomic mass is 32.2. The van der Waals surface area contributed by atoms with Crippen LogP contribution in [0.2, 0.25) is 0 Å². The first-order chi connectivity index (χ1) is 11.5. The van der Waals surface area contributed by atoms with E-state index in [4.69, 9.17) is 0 Å². The van der Waals surface area contributed by atoms with Gasteiger partial charge in [-0.1, -0.05) is 32.4 Å². The molecule has 0 spiro atoms. The normalized spacial score (nSPS) is 16.8. The van der Waals surface area contributed by atoms with Crippen molar-refractivity contribution in [3.63, 3.8) is 0 Å². The lowest BCUT2D eigenvalue weighted by Crippen LogP contribution is -2.37. The van der Waals surface area contributed by atoms with E-state index in [1.807, 2.05) is 24.0 Å². The molecule has 0 radical (unpaired) electrons. The Labute approximate surface area is 145 Å². The second-order valence-electron chi connectivity index (χ2n) is 6.24. The van der Waals surface area contributed by atoms with Gasteiger partial charge in [-0.25, -0.2) is 8.42 Å². The summed E-state index contributed by atoms with van der Waals surface area (Å²) in [5.74, 6) is 0.142. The third-order valence-electron chi connectivity index (χ3n) is 4.52. The molecule has 0 N–H and O–H groups in total. The molecule has 1 amide bonds. The van der Waals surface area contributed by atoms with E-state index in [0.29, 0.717) is 43.9 Å². The molecule has 1 fully saturated rings. The van der Waals surface area contributed by atoms with E-state index < -0.39 is 10.0 Å². The van der Waals surface area contributed by atoms with E-state index >= 15 is 0 Å². The minimum atomic E-state index is -3.48. The number of rotatable bonds is 6. The summed E-state index contributed by atoms with van der Waals surface area (Å²) in [6.07, 6.45) is 4.01. The summed E-state index contributed by atoms with van der Waals surface area (Å²) < 4.78 is 27.1. The molecule has 1 saturated heterocycles. The molecule has 134 valence electrons. The van der Waals surface area contributed by atoms with Crippen molar-refractivity contribution in [2.75, 3.05) is 26.2 Å². The van der Waals surface area contributed by atoms with Gasteiger partial charge in [0.05, 0.1) is 4.90 Å². The van der Waals surface area contributed by atoms with E-state index in [2.05, 4.69) is 6.92 Å². The van der Waals surface area contributed by atoms with Crippen LogP contribution in [0.25, 0.3) is 0 Å². The van der Waals surface area contributed by atoms with Gasteiger partial charge in [0.2, 0.25) is 15.9 Å². The van der Waals surface area contributed by atoms with Crippen LogP contribution < -0.4 is 0 Å². The van der Waals surface area contributed by atoms with Gasteiger partial charge in [0, 0.05) is 32.6 Å². The minimum absolute atomic E-state index is 0.142. The molecule has 0 aliphatic carbocycles. The SMILES string of the molecule is CCCCC(=O)N1CCCN(S(=O)(=O)c2ccc(CC)cc2)CC1. The largest absolute Gasteiger partial charge is 0.341 e. The number of nitrogens with zero attached hydrogens (tertiary/aromatic N) is 2. The quantitative estimate of drug-likeness (QED) is 0.791. The molecule has 0 unspecified atom stereocenters. The molecular weight excluding hydrogens is 324 g/mol. The second-order valence-corrected chi connectivity index (χ2v) is 8.18. The first kappa shape index (κ1) is 18.9. The van der Waals surface area contributed by atoms with Gasteiger partial charge >= 0.3 is 0 Å². The highest BCUT2D eigenvalue weighted by Crippen LogP contribution is 2.19. The Morgan fingerprint density at radius 1 is 1.04 bits per heavy atom. The van der Waals surface area contributed by atoms with Crippen LogP contribution in [0.15, 0.2) is 29.2 Å². The molecular formula is C18H28N2O3S. The molecule has 1 aromatic carbocycles. The van der Waals surface area contributed by atoms with Crippen LogP contribution in [0.5, 0.6) is 0 Å². The van der Waals surface area contributed by atoms with Gasteiger partial charge in [0.1, 0.15) is 0 Å². The number of benzene rings is 1. The number of carbonyl (C=O) groups is 1. The zero-order valence-electron chi connectivity index (χ0n) is 14.7. The second kappa shape index (κ2) is 8.62. The van der Waals surface area contributed by atoms with E-state index in [-0.39, 0.29) is 5.91 Å². The molecule has 0 aromatic heterocycles. The summed E-state index contributed by atoms with van der Waals surface area (Å²) in [6, 6.07) is 7.10. The predicted molar refractivity (Wildman–Crippen MR) is 95.3 cm³/mol. The average Bonchev–Trinajstić information content (AvgIpc) is 2.86. The molecule has 0 atom stereocenters. The highest BCUT2D eigenvalue weighted by molar-refractivity contribution is 7.89. The van der Waals surface area contributed by atoms with Gasteiger partial charge in [0.15, 0.2) is 0 Å². The summed E-state index contributed by atoms with van der Waals surface area (Å²) >= 11 is 0. The van der Waals surface area contributed by atoms with Gasteiger partial charge in [0.25, 0.3) is 0 Å². The van der Waals surface area contributed by atoms with Gasteiger partial charge in [-0.3, -0.25) is 4.79 Å². The van der Waals surface area contributed by atoms with Crippen LogP contribution in [-0.2, 0) is 21.2 Å². The Kier molecular flexibility index (Phi) is 6.80. The highest BCUT2D eigenvalue weighted by Gasteiger charge is 2.27. The number of unbranched alkanes of at least 4 members (excludes halogenated alkanes) is 1. The van der Waals surface area contributed by atoms with Crippen molar-refractivity contribution in [3.05, 3.63) is 29.8 Å². The van der Waals surface area contributed by atoms with Crippen LogP contribution in [0.1, 0.15) is 45.1 Å². The van der Waals surface area contributed by atoms with Gasteiger partial charge < -0.3 is 4.90 Å². The Hall–Kier alpha value is -1.40. The van der Waals surface area contributed by atoms with Crippen molar-refractivity contribution in [1.82, 2.24) is 9.21 Å². The number of aryl methyl sites for hydroxylation is 1. The Morgan fingerprint density at radius 3 is 2.38 bits per heavy atom. The first-order valence-corrected chi connectivity index (χ1v) is 10.3. The molecule has 1 aromatic rings. The maximum Gasteiger partial charge on any atom is 0.243 e. The third kappa shape index (κ3) is 4.57. The fourth-order valence-corrected chi connectivity index (χ4v) is 4.39. The summed E-state index contributed by atoms with van der Waals surface area (Å²) in [5, 5.41) is 0. The molecule has 24 heavy (non-hydrogen) atoms. The topological polar surface area (TPSA) is 57.7 Å². The van der Waals surface area contributed by atoms with Crippen LogP contribution in [-0.4, -0.2) is 49.7 Å². The minimum Gasteiger partial charge on any atom is -0.341 e. The lowest BCUT2D eigenvalue weighted by molar-refractivity contribution is -0.131. The van der Waals surface area contributed by atoms with Gasteiger partial charge in [-0.15, -0.1) is 0 Å². The molecule has 1 heterocycles. The van der Waals surface area contributed by atoms with Crippen molar-refractivity contribution in [2.24, 2.45) is 0 Å². The zero-order valence-corrected chi connectivity index (χ0v) is 15.5. The van der Waals surface area contributed by atoms with Crippen molar-refractivity contribution < 1.29 is 13.2 Å². The zero-order chi connectivity index (χ0) is 17.6. The van der Waals surface area contributed by atoms with Gasteiger partial charge in [-0.05, 0) is 37.0 Å². The van der Waals surface area contributed by atoms with Crippen molar-refractivity contribution in [2.45, 2.75) is 50.8 Å². The smallest absolute Gasteiger partial charge is 0.243 e. The fourth-order valence-electron chi connectivity index (χ4n) is 2.92. The van der Waals surface area contributed by atoms with Crippen LogP contribution >= 0.6 is 0 Å². The van der Waals surface area contributed by atoms with E-state index in [0.717, 1.165) is 24.8 Å². The van der Waals surface area contributed by atoms with Crippen molar-refractivity contribution in [3.8, 4) is 0 Å². The lowest BCUT2D eigenvalue weighted by Gasteiger charge is -2.22. The first-order valence-electron chi connectivity index (χ1n) is 8.86. The maximum absolute atomic E-state index is 12.8. The maximum atomic E-state index is 12.8. The fraction of sp³-hybridized carbons (Fsp3) is 0.611. The summed E-state index contributed by atoms with van der Waals surface area (Å²) in [7, 11) is -3.48. The molecule has 1 aliphatic heterocycles.